The second-order valence-electron chi connectivity index (χ2n) is 11.8. The number of hydrogen-bond acceptors (Lipinski definition) is 6. The molecule has 0 aliphatic carbocycles. The third kappa shape index (κ3) is 8.18. The average Bonchev–Trinajstić information content (AvgIpc) is 3.06. The molecule has 2 aromatic heterocycles. The highest BCUT2D eigenvalue weighted by molar-refractivity contribution is 6.31. The van der Waals surface area contributed by atoms with Crippen molar-refractivity contribution in [3.63, 3.8) is 0 Å². The molecule has 236 valence electrons. The lowest BCUT2D eigenvalue weighted by molar-refractivity contribution is 0.271. The first-order valence-corrected chi connectivity index (χ1v) is 16.8. The van der Waals surface area contributed by atoms with E-state index in [2.05, 4.69) is 86.3 Å². The Morgan fingerprint density at radius 3 is 1.72 bits per heavy atom. The van der Waals surface area contributed by atoms with Crippen molar-refractivity contribution in [2.24, 2.45) is 0 Å². The molecular formula is C38H40Cl2N6. The van der Waals surface area contributed by atoms with E-state index in [-0.39, 0.29) is 0 Å². The Hall–Kier alpha value is -4.10. The molecule has 0 bridgehead atoms. The highest BCUT2D eigenvalue weighted by atomic mass is 35.5. The average molecular weight is 652 g/mol. The molecular weight excluding hydrogens is 611 g/mol. The number of hydrogen-bond donors (Lipinski definition) is 3. The van der Waals surface area contributed by atoms with Gasteiger partial charge in [0.25, 0.3) is 0 Å². The fraction of sp³-hybridized carbons (Fsp3) is 0.263. The van der Waals surface area contributed by atoms with Crippen LogP contribution >= 0.6 is 23.2 Å². The van der Waals surface area contributed by atoms with E-state index in [0.29, 0.717) is 5.02 Å². The van der Waals surface area contributed by atoms with Crippen LogP contribution in [-0.4, -0.2) is 54.1 Å². The number of aryl methyl sites for hydroxylation is 1. The van der Waals surface area contributed by atoms with Gasteiger partial charge in [-0.2, -0.15) is 0 Å². The smallest absolute Gasteiger partial charge is 0.0737 e. The number of nitrogens with zero attached hydrogens (tertiary/aromatic N) is 3. The molecule has 8 heteroatoms. The van der Waals surface area contributed by atoms with Crippen molar-refractivity contribution in [2.45, 2.75) is 26.2 Å². The van der Waals surface area contributed by atoms with Gasteiger partial charge in [-0.15, -0.1) is 0 Å². The van der Waals surface area contributed by atoms with Crippen LogP contribution in [0, 0.1) is 6.92 Å². The Kier molecular flexibility index (Phi) is 10.7. The lowest BCUT2D eigenvalue weighted by Crippen LogP contribution is -2.30. The summed E-state index contributed by atoms with van der Waals surface area (Å²) in [4.78, 5) is 11.6. The largest absolute Gasteiger partial charge is 0.384 e. The van der Waals surface area contributed by atoms with Gasteiger partial charge in [0.15, 0.2) is 0 Å². The fourth-order valence-corrected chi connectivity index (χ4v) is 6.36. The third-order valence-electron chi connectivity index (χ3n) is 8.35. The standard InChI is InChI=1S/C38H40Cl2N6/c1-27-8-11-32-35(14-19-44-37(32)24-27)42-17-4-22-46(21-3-16-41-34-7-2-6-28-25-29(39)9-12-31(28)34)23-5-18-43-36-15-20-45-38-26-30(40)10-13-33(36)38/h2,6-15,19-20,24-26,41H,3-5,16-18,21-23H2,1H3,(H,42,44)(H,43,45). The zero-order chi connectivity index (χ0) is 31.7. The van der Waals surface area contributed by atoms with Gasteiger partial charge in [0.05, 0.1) is 11.0 Å². The van der Waals surface area contributed by atoms with Crippen molar-refractivity contribution < 1.29 is 0 Å². The van der Waals surface area contributed by atoms with Gasteiger partial charge in [-0.05, 0) is 111 Å². The second-order valence-corrected chi connectivity index (χ2v) is 12.6. The number of anilines is 3. The highest BCUT2D eigenvalue weighted by Crippen LogP contribution is 2.27. The lowest BCUT2D eigenvalue weighted by atomic mass is 10.1. The molecule has 6 nitrogen and oxygen atoms in total. The third-order valence-corrected chi connectivity index (χ3v) is 8.82. The van der Waals surface area contributed by atoms with Gasteiger partial charge in [-0.1, -0.05) is 53.5 Å². The van der Waals surface area contributed by atoms with Crippen LogP contribution in [0.2, 0.25) is 10.0 Å². The number of pyridine rings is 2. The monoisotopic (exact) mass is 650 g/mol. The van der Waals surface area contributed by atoms with Crippen molar-refractivity contribution in [1.29, 1.82) is 0 Å². The predicted molar refractivity (Wildman–Crippen MR) is 198 cm³/mol. The normalized spacial score (nSPS) is 11.5. The molecule has 2 heterocycles. The van der Waals surface area contributed by atoms with Crippen LogP contribution in [0.15, 0.2) is 97.3 Å². The quantitative estimate of drug-likeness (QED) is 0.0962. The minimum atomic E-state index is 0.703. The summed E-state index contributed by atoms with van der Waals surface area (Å²) < 4.78 is 0. The molecule has 4 aromatic carbocycles. The summed E-state index contributed by atoms with van der Waals surface area (Å²) in [6.07, 6.45) is 6.87. The van der Waals surface area contributed by atoms with Gasteiger partial charge in [0.2, 0.25) is 0 Å². The Bertz CT molecular complexity index is 1710. The van der Waals surface area contributed by atoms with E-state index in [9.17, 15) is 0 Å². The van der Waals surface area contributed by atoms with Crippen molar-refractivity contribution in [3.8, 4) is 0 Å². The maximum absolute atomic E-state index is 6.22. The van der Waals surface area contributed by atoms with E-state index < -0.39 is 0 Å². The van der Waals surface area contributed by atoms with E-state index in [4.69, 9.17) is 23.2 Å². The molecule has 0 radical (unpaired) electrons. The summed E-state index contributed by atoms with van der Waals surface area (Å²) in [5.74, 6) is 0. The summed E-state index contributed by atoms with van der Waals surface area (Å²) in [5.41, 5.74) is 6.56. The van der Waals surface area contributed by atoms with Crippen LogP contribution in [0.25, 0.3) is 32.6 Å². The second kappa shape index (κ2) is 15.5. The number of aromatic nitrogens is 2. The molecule has 0 atom stereocenters. The first-order valence-electron chi connectivity index (χ1n) is 16.1. The predicted octanol–water partition coefficient (Wildman–Crippen LogP) is 9.66. The topological polar surface area (TPSA) is 65.1 Å². The van der Waals surface area contributed by atoms with Gasteiger partial charge < -0.3 is 20.9 Å². The van der Waals surface area contributed by atoms with Crippen LogP contribution in [-0.2, 0) is 0 Å². The van der Waals surface area contributed by atoms with Gasteiger partial charge in [-0.3, -0.25) is 9.97 Å². The lowest BCUT2D eigenvalue weighted by Gasteiger charge is -2.23. The van der Waals surface area contributed by atoms with Gasteiger partial charge in [-0.25, -0.2) is 0 Å². The summed E-state index contributed by atoms with van der Waals surface area (Å²) in [6, 6.07) is 28.8. The van der Waals surface area contributed by atoms with Crippen molar-refractivity contribution in [3.05, 3.63) is 113 Å². The molecule has 3 N–H and O–H groups in total. The Labute approximate surface area is 281 Å². The molecule has 6 aromatic rings. The molecule has 0 amide bonds. The highest BCUT2D eigenvalue weighted by Gasteiger charge is 2.08. The number of fused-ring (bicyclic) bond motifs is 3. The fourth-order valence-electron chi connectivity index (χ4n) is 6.01. The molecule has 46 heavy (non-hydrogen) atoms. The van der Waals surface area contributed by atoms with Gasteiger partial charge in [0, 0.05) is 75.3 Å². The summed E-state index contributed by atoms with van der Waals surface area (Å²) in [7, 11) is 0. The summed E-state index contributed by atoms with van der Waals surface area (Å²) in [5, 5.41) is 17.0. The van der Waals surface area contributed by atoms with Crippen molar-refractivity contribution in [1.82, 2.24) is 14.9 Å². The SMILES string of the molecule is Cc1ccc2c(NCCCN(CCCNc3cccc4cc(Cl)ccc34)CCCNc3ccnc4cc(Cl)ccc34)ccnc2c1. The molecule has 0 spiro atoms. The van der Waals surface area contributed by atoms with Crippen LogP contribution in [0.1, 0.15) is 24.8 Å². The molecule has 0 aliphatic rings. The van der Waals surface area contributed by atoms with Crippen LogP contribution < -0.4 is 16.0 Å². The van der Waals surface area contributed by atoms with Crippen LogP contribution in [0.3, 0.4) is 0 Å². The number of benzene rings is 4. The van der Waals surface area contributed by atoms with E-state index >= 15 is 0 Å². The zero-order valence-corrected chi connectivity index (χ0v) is 27.7. The van der Waals surface area contributed by atoms with Gasteiger partial charge >= 0.3 is 0 Å². The Morgan fingerprint density at radius 2 is 1.09 bits per heavy atom. The first-order chi connectivity index (χ1) is 22.5. The van der Waals surface area contributed by atoms with E-state index in [1.165, 1.54) is 16.3 Å². The first kappa shape index (κ1) is 31.9. The van der Waals surface area contributed by atoms with Crippen molar-refractivity contribution >= 4 is 72.8 Å². The maximum Gasteiger partial charge on any atom is 0.0737 e. The summed E-state index contributed by atoms with van der Waals surface area (Å²) in [6.45, 7) is 7.87. The Morgan fingerprint density at radius 1 is 0.565 bits per heavy atom. The Balaban J connectivity index is 1.03. The molecule has 0 fully saturated rings. The minimum Gasteiger partial charge on any atom is -0.384 e. The summed E-state index contributed by atoms with van der Waals surface area (Å²) >= 11 is 12.4. The molecule has 0 saturated heterocycles. The minimum absolute atomic E-state index is 0.703. The number of nitrogens with one attached hydrogen (secondary N) is 3. The van der Waals surface area contributed by atoms with Gasteiger partial charge in [0.1, 0.15) is 0 Å². The van der Waals surface area contributed by atoms with Crippen LogP contribution in [0.5, 0.6) is 0 Å². The van der Waals surface area contributed by atoms with Crippen molar-refractivity contribution in [2.75, 3.05) is 55.2 Å². The zero-order valence-electron chi connectivity index (χ0n) is 26.2. The molecule has 0 saturated carbocycles. The molecule has 0 aliphatic heterocycles. The van der Waals surface area contributed by atoms with E-state index in [1.807, 2.05) is 48.8 Å². The maximum atomic E-state index is 6.22. The van der Waals surface area contributed by atoms with E-state index in [0.717, 1.165) is 102 Å². The number of halogens is 2. The number of rotatable bonds is 15. The molecule has 6 rings (SSSR count). The van der Waals surface area contributed by atoms with Crippen LogP contribution in [0.4, 0.5) is 17.1 Å². The van der Waals surface area contributed by atoms with E-state index in [1.54, 1.807) is 0 Å². The molecule has 0 unspecified atom stereocenters.